The predicted molar refractivity (Wildman–Crippen MR) is 79.8 cm³/mol. The third-order valence-electron chi connectivity index (χ3n) is 4.17. The Balaban J connectivity index is 1.51. The van der Waals surface area contributed by atoms with Gasteiger partial charge < -0.3 is 5.32 Å². The Morgan fingerprint density at radius 3 is 2.44 bits per heavy atom. The van der Waals surface area contributed by atoms with Crippen molar-refractivity contribution in [1.29, 1.82) is 0 Å². The molecule has 0 radical (unpaired) electrons. The van der Waals surface area contributed by atoms with Gasteiger partial charge in [0.15, 0.2) is 0 Å². The van der Waals surface area contributed by atoms with Crippen LogP contribution in [0, 0.1) is 17.8 Å². The van der Waals surface area contributed by atoms with Gasteiger partial charge in [0.1, 0.15) is 0 Å². The van der Waals surface area contributed by atoms with Gasteiger partial charge in [-0.25, -0.2) is 0 Å². The van der Waals surface area contributed by atoms with E-state index in [1.54, 1.807) is 0 Å². The number of halogens is 2. The predicted octanol–water partition coefficient (Wildman–Crippen LogP) is 4.63. The summed E-state index contributed by atoms with van der Waals surface area (Å²) in [6.07, 6.45) is 5.84. The summed E-state index contributed by atoms with van der Waals surface area (Å²) in [4.78, 5) is 0. The van der Waals surface area contributed by atoms with E-state index in [4.69, 9.17) is 11.6 Å². The summed E-state index contributed by atoms with van der Waals surface area (Å²) in [6.45, 7) is 2.06. The molecule has 0 aliphatic heterocycles. The number of hydrogen-bond acceptors (Lipinski definition) is 1. The molecule has 0 amide bonds. The first kappa shape index (κ1) is 13.0. The molecule has 1 nitrogen and oxygen atoms in total. The van der Waals surface area contributed by atoms with Crippen LogP contribution in [0.5, 0.6) is 0 Å². The van der Waals surface area contributed by atoms with Crippen molar-refractivity contribution in [2.75, 3.05) is 6.54 Å². The Bertz CT molecular complexity index is 415. The maximum absolute atomic E-state index is 6.22. The SMILES string of the molecule is Clc1cc(Br)ccc1CNCC(C1CC1)C1CC1. The van der Waals surface area contributed by atoms with Crippen LogP contribution in [0.25, 0.3) is 0 Å². The topological polar surface area (TPSA) is 12.0 Å². The molecule has 0 aromatic heterocycles. The number of nitrogens with one attached hydrogen (secondary N) is 1. The van der Waals surface area contributed by atoms with Gasteiger partial charge in [0.25, 0.3) is 0 Å². The minimum atomic E-state index is 0.853. The molecule has 1 N–H and O–H groups in total. The van der Waals surface area contributed by atoms with E-state index in [1.165, 1.54) is 37.8 Å². The van der Waals surface area contributed by atoms with Crippen molar-refractivity contribution in [2.45, 2.75) is 32.2 Å². The number of rotatable bonds is 6. The standard InChI is InChI=1S/C15H19BrClN/c16-13-6-5-12(15(17)7-13)8-18-9-14(10-1-2-10)11-3-4-11/h5-7,10-11,14,18H,1-4,8-9H2. The first-order chi connectivity index (χ1) is 8.74. The molecule has 1 aromatic carbocycles. The largest absolute Gasteiger partial charge is 0.312 e. The fraction of sp³-hybridized carbons (Fsp3) is 0.600. The first-order valence-electron chi connectivity index (χ1n) is 6.88. The Hall–Kier alpha value is -0.0500. The lowest BCUT2D eigenvalue weighted by atomic mass is 9.98. The minimum absolute atomic E-state index is 0.853. The molecule has 0 unspecified atom stereocenters. The van der Waals surface area contributed by atoms with E-state index in [-0.39, 0.29) is 0 Å². The van der Waals surface area contributed by atoms with Gasteiger partial charge in [-0.3, -0.25) is 0 Å². The van der Waals surface area contributed by atoms with Crippen LogP contribution in [0.15, 0.2) is 22.7 Å². The van der Waals surface area contributed by atoms with Gasteiger partial charge in [-0.05, 0) is 67.7 Å². The van der Waals surface area contributed by atoms with Crippen LogP contribution in [-0.4, -0.2) is 6.54 Å². The van der Waals surface area contributed by atoms with E-state index in [9.17, 15) is 0 Å². The second-order valence-electron chi connectivity index (χ2n) is 5.71. The molecule has 1 aromatic rings. The average Bonchev–Trinajstić information content (AvgIpc) is 3.20. The van der Waals surface area contributed by atoms with Gasteiger partial charge in [0, 0.05) is 16.0 Å². The summed E-state index contributed by atoms with van der Waals surface area (Å²) in [7, 11) is 0. The summed E-state index contributed by atoms with van der Waals surface area (Å²) in [5.74, 6) is 2.97. The van der Waals surface area contributed by atoms with Crippen molar-refractivity contribution in [3.63, 3.8) is 0 Å². The Kier molecular flexibility index (Phi) is 3.97. The molecule has 2 saturated carbocycles. The van der Waals surface area contributed by atoms with Crippen LogP contribution in [0.2, 0.25) is 5.02 Å². The zero-order valence-electron chi connectivity index (χ0n) is 10.5. The Morgan fingerprint density at radius 1 is 1.22 bits per heavy atom. The van der Waals surface area contributed by atoms with Gasteiger partial charge in [-0.2, -0.15) is 0 Å². The molecule has 18 heavy (non-hydrogen) atoms. The molecule has 2 aliphatic rings. The summed E-state index contributed by atoms with van der Waals surface area (Å²) in [5, 5.41) is 4.46. The monoisotopic (exact) mass is 327 g/mol. The quantitative estimate of drug-likeness (QED) is 0.803. The first-order valence-corrected chi connectivity index (χ1v) is 8.06. The molecule has 3 rings (SSSR count). The van der Waals surface area contributed by atoms with Crippen molar-refractivity contribution in [2.24, 2.45) is 17.8 Å². The second-order valence-corrected chi connectivity index (χ2v) is 7.03. The van der Waals surface area contributed by atoms with E-state index in [0.29, 0.717) is 0 Å². The van der Waals surface area contributed by atoms with E-state index < -0.39 is 0 Å². The highest BCUT2D eigenvalue weighted by Gasteiger charge is 2.40. The number of benzene rings is 1. The van der Waals surface area contributed by atoms with Gasteiger partial charge >= 0.3 is 0 Å². The van der Waals surface area contributed by atoms with Crippen LogP contribution in [0.1, 0.15) is 31.2 Å². The lowest BCUT2D eigenvalue weighted by Gasteiger charge is -2.16. The Labute approximate surface area is 122 Å². The van der Waals surface area contributed by atoms with Crippen molar-refractivity contribution in [3.05, 3.63) is 33.3 Å². The van der Waals surface area contributed by atoms with Crippen LogP contribution >= 0.6 is 27.5 Å². The molecule has 3 heteroatoms. The highest BCUT2D eigenvalue weighted by Crippen LogP contribution is 2.48. The van der Waals surface area contributed by atoms with Crippen molar-refractivity contribution < 1.29 is 0 Å². The van der Waals surface area contributed by atoms with Gasteiger partial charge in [-0.1, -0.05) is 33.6 Å². The zero-order valence-corrected chi connectivity index (χ0v) is 12.8. The summed E-state index contributed by atoms with van der Waals surface area (Å²) in [5.41, 5.74) is 1.20. The normalized spacial score (nSPS) is 19.5. The summed E-state index contributed by atoms with van der Waals surface area (Å²) >= 11 is 9.66. The molecular weight excluding hydrogens is 310 g/mol. The molecular formula is C15H19BrClN. The number of hydrogen-bond donors (Lipinski definition) is 1. The van der Waals surface area contributed by atoms with Crippen molar-refractivity contribution >= 4 is 27.5 Å². The van der Waals surface area contributed by atoms with Gasteiger partial charge in [0.05, 0.1) is 0 Å². The maximum Gasteiger partial charge on any atom is 0.0462 e. The maximum atomic E-state index is 6.22. The van der Waals surface area contributed by atoms with Gasteiger partial charge in [-0.15, -0.1) is 0 Å². The van der Waals surface area contributed by atoms with E-state index in [1.807, 2.05) is 6.07 Å². The Morgan fingerprint density at radius 2 is 1.89 bits per heavy atom. The fourth-order valence-electron chi connectivity index (χ4n) is 2.81. The third-order valence-corrected chi connectivity index (χ3v) is 5.01. The van der Waals surface area contributed by atoms with E-state index in [2.05, 4.69) is 33.4 Å². The molecule has 2 aliphatic carbocycles. The second kappa shape index (κ2) is 5.52. The molecule has 98 valence electrons. The summed E-state index contributed by atoms with van der Waals surface area (Å²) < 4.78 is 1.05. The fourth-order valence-corrected chi connectivity index (χ4v) is 3.55. The highest BCUT2D eigenvalue weighted by molar-refractivity contribution is 9.10. The molecule has 0 spiro atoms. The lowest BCUT2D eigenvalue weighted by molar-refractivity contribution is 0.378. The molecule has 0 bridgehead atoms. The molecule has 0 saturated heterocycles. The minimum Gasteiger partial charge on any atom is -0.312 e. The molecule has 0 heterocycles. The van der Waals surface area contributed by atoms with Crippen LogP contribution < -0.4 is 5.32 Å². The highest BCUT2D eigenvalue weighted by atomic mass is 79.9. The smallest absolute Gasteiger partial charge is 0.0462 e. The molecule has 2 fully saturated rings. The zero-order chi connectivity index (χ0) is 12.5. The van der Waals surface area contributed by atoms with Crippen LogP contribution in [0.4, 0.5) is 0 Å². The van der Waals surface area contributed by atoms with Crippen molar-refractivity contribution in [1.82, 2.24) is 5.32 Å². The average molecular weight is 329 g/mol. The lowest BCUT2D eigenvalue weighted by Crippen LogP contribution is -2.25. The molecule has 0 atom stereocenters. The van der Waals surface area contributed by atoms with Crippen LogP contribution in [-0.2, 0) is 6.54 Å². The van der Waals surface area contributed by atoms with E-state index >= 15 is 0 Å². The van der Waals surface area contributed by atoms with E-state index in [0.717, 1.165) is 33.8 Å². The van der Waals surface area contributed by atoms with Crippen molar-refractivity contribution in [3.8, 4) is 0 Å². The summed E-state index contributed by atoms with van der Waals surface area (Å²) in [6, 6.07) is 6.13. The van der Waals surface area contributed by atoms with Crippen LogP contribution in [0.3, 0.4) is 0 Å². The third kappa shape index (κ3) is 3.28. The van der Waals surface area contributed by atoms with Gasteiger partial charge in [0.2, 0.25) is 0 Å².